The first kappa shape index (κ1) is 14.0. The van der Waals surface area contributed by atoms with E-state index in [0.29, 0.717) is 4.47 Å². The Morgan fingerprint density at radius 3 is 2.59 bits per heavy atom. The molecule has 1 amide bonds. The lowest BCUT2D eigenvalue weighted by Crippen LogP contribution is -2.41. The molecule has 0 spiro atoms. The quantitative estimate of drug-likeness (QED) is 0.872. The molecule has 0 aromatic carbocycles. The fourth-order valence-corrected chi connectivity index (χ4v) is 2.53. The molecule has 0 aliphatic heterocycles. The molecule has 1 unspecified atom stereocenters. The normalized spacial score (nSPS) is 12.5. The lowest BCUT2D eigenvalue weighted by atomic mass is 10.2. The summed E-state index contributed by atoms with van der Waals surface area (Å²) in [6.07, 6.45) is -3.70. The highest BCUT2D eigenvalue weighted by atomic mass is 79.9. The molecular weight excluding hydrogens is 320 g/mol. The Bertz CT molecular complexity index is 424. The second kappa shape index (κ2) is 6.06. The van der Waals surface area contributed by atoms with Crippen molar-refractivity contribution in [2.24, 2.45) is 0 Å². The Hall–Kier alpha value is -1.02. The van der Waals surface area contributed by atoms with Crippen molar-refractivity contribution >= 4 is 39.1 Å². The third-order valence-electron chi connectivity index (χ3n) is 1.84. The van der Waals surface area contributed by atoms with Crippen LogP contribution in [0.25, 0.3) is 0 Å². The fraction of sp³-hybridized carbons (Fsp3) is 0.333. The van der Waals surface area contributed by atoms with Crippen LogP contribution in [0, 0.1) is 0 Å². The van der Waals surface area contributed by atoms with Crippen molar-refractivity contribution in [3.63, 3.8) is 0 Å². The van der Waals surface area contributed by atoms with Gasteiger partial charge in [-0.1, -0.05) is 0 Å². The van der Waals surface area contributed by atoms with Crippen LogP contribution in [0.4, 0.5) is 8.78 Å². The first-order valence-corrected chi connectivity index (χ1v) is 6.14. The molecule has 1 rings (SSSR count). The smallest absolute Gasteiger partial charge is 0.326 e. The van der Waals surface area contributed by atoms with Crippen LogP contribution in [0.5, 0.6) is 0 Å². The Morgan fingerprint density at radius 1 is 1.53 bits per heavy atom. The Balaban J connectivity index is 2.71. The molecule has 0 saturated carbocycles. The third kappa shape index (κ3) is 4.04. The van der Waals surface area contributed by atoms with Crippen molar-refractivity contribution in [2.45, 2.75) is 18.9 Å². The van der Waals surface area contributed by atoms with E-state index in [1.165, 1.54) is 0 Å². The highest BCUT2D eigenvalue weighted by molar-refractivity contribution is 9.10. The van der Waals surface area contributed by atoms with Gasteiger partial charge in [-0.15, -0.1) is 11.3 Å². The molecule has 8 heteroatoms. The van der Waals surface area contributed by atoms with Crippen molar-refractivity contribution in [2.75, 3.05) is 0 Å². The molecule has 2 N–H and O–H groups in total. The van der Waals surface area contributed by atoms with Gasteiger partial charge >= 0.3 is 5.97 Å². The van der Waals surface area contributed by atoms with E-state index in [4.69, 9.17) is 5.11 Å². The van der Waals surface area contributed by atoms with Gasteiger partial charge in [0.25, 0.3) is 5.91 Å². The summed E-state index contributed by atoms with van der Waals surface area (Å²) in [4.78, 5) is 22.5. The second-order valence-corrected chi connectivity index (χ2v) is 4.86. The molecule has 0 fully saturated rings. The van der Waals surface area contributed by atoms with Gasteiger partial charge in [-0.25, -0.2) is 13.6 Å². The van der Waals surface area contributed by atoms with Crippen LogP contribution >= 0.6 is 27.3 Å². The van der Waals surface area contributed by atoms with E-state index in [1.807, 2.05) is 0 Å². The average Bonchev–Trinajstić information content (AvgIpc) is 2.62. The first-order chi connectivity index (χ1) is 7.91. The summed E-state index contributed by atoms with van der Waals surface area (Å²) in [5, 5.41) is 12.4. The van der Waals surface area contributed by atoms with Crippen LogP contribution in [0.2, 0.25) is 0 Å². The van der Waals surface area contributed by atoms with Gasteiger partial charge in [0.05, 0.1) is 0 Å². The number of hydrogen-bond donors (Lipinski definition) is 2. The van der Waals surface area contributed by atoms with Gasteiger partial charge in [-0.05, 0) is 27.4 Å². The zero-order valence-electron chi connectivity index (χ0n) is 8.32. The topological polar surface area (TPSA) is 66.4 Å². The van der Waals surface area contributed by atoms with E-state index in [0.717, 1.165) is 11.3 Å². The summed E-state index contributed by atoms with van der Waals surface area (Å²) in [6, 6.07) is 0.0270. The number of carbonyl (C=O) groups excluding carboxylic acids is 1. The van der Waals surface area contributed by atoms with Crippen molar-refractivity contribution in [1.29, 1.82) is 0 Å². The van der Waals surface area contributed by atoms with Crippen LogP contribution in [0.1, 0.15) is 16.1 Å². The van der Waals surface area contributed by atoms with Gasteiger partial charge in [0.1, 0.15) is 10.9 Å². The number of carbonyl (C=O) groups is 2. The zero-order valence-corrected chi connectivity index (χ0v) is 10.7. The first-order valence-electron chi connectivity index (χ1n) is 4.46. The number of carboxylic acid groups (broad SMARTS) is 1. The molecule has 0 bridgehead atoms. The predicted molar refractivity (Wildman–Crippen MR) is 61.5 cm³/mol. The van der Waals surface area contributed by atoms with Crippen LogP contribution in [0.3, 0.4) is 0 Å². The molecule has 1 aromatic heterocycles. The number of thiophene rings is 1. The van der Waals surface area contributed by atoms with Crippen LogP contribution < -0.4 is 5.32 Å². The van der Waals surface area contributed by atoms with Crippen molar-refractivity contribution < 1.29 is 23.5 Å². The van der Waals surface area contributed by atoms with E-state index in [1.54, 1.807) is 11.4 Å². The zero-order chi connectivity index (χ0) is 13.0. The summed E-state index contributed by atoms with van der Waals surface area (Å²) < 4.78 is 24.7. The summed E-state index contributed by atoms with van der Waals surface area (Å²) in [5.41, 5.74) is 0. The Kier molecular flexibility index (Phi) is 5.01. The number of alkyl halides is 2. The van der Waals surface area contributed by atoms with E-state index >= 15 is 0 Å². The van der Waals surface area contributed by atoms with E-state index < -0.39 is 30.8 Å². The minimum absolute atomic E-state index is 0.255. The van der Waals surface area contributed by atoms with Crippen molar-refractivity contribution in [3.8, 4) is 0 Å². The van der Waals surface area contributed by atoms with Gasteiger partial charge in [-0.3, -0.25) is 4.79 Å². The Morgan fingerprint density at radius 2 is 2.18 bits per heavy atom. The molecular formula is C9H8BrF2NO3S. The molecule has 1 aromatic rings. The van der Waals surface area contributed by atoms with Gasteiger partial charge in [0, 0.05) is 10.9 Å². The lowest BCUT2D eigenvalue weighted by molar-refractivity contribution is -0.140. The maximum Gasteiger partial charge on any atom is 0.326 e. The molecule has 0 saturated heterocycles. The number of aliphatic carboxylic acids is 1. The van der Waals surface area contributed by atoms with Crippen LogP contribution in [-0.4, -0.2) is 29.5 Å². The minimum atomic E-state index is -2.79. The monoisotopic (exact) mass is 327 g/mol. The summed E-state index contributed by atoms with van der Waals surface area (Å²) >= 11 is 4.19. The highest BCUT2D eigenvalue weighted by Crippen LogP contribution is 2.22. The maximum atomic E-state index is 12.1. The van der Waals surface area contributed by atoms with Gasteiger partial charge in [0.15, 0.2) is 0 Å². The highest BCUT2D eigenvalue weighted by Gasteiger charge is 2.25. The second-order valence-electron chi connectivity index (χ2n) is 3.09. The number of amides is 1. The predicted octanol–water partition coefficient (Wildman–Crippen LogP) is 2.35. The average molecular weight is 328 g/mol. The molecule has 1 heterocycles. The number of halogens is 3. The van der Waals surface area contributed by atoms with Crippen molar-refractivity contribution in [3.05, 3.63) is 20.8 Å². The number of carboxylic acids is 1. The van der Waals surface area contributed by atoms with Crippen LogP contribution in [0.15, 0.2) is 15.9 Å². The largest absolute Gasteiger partial charge is 0.480 e. The number of nitrogens with one attached hydrogen (secondary N) is 1. The maximum absolute atomic E-state index is 12.1. The van der Waals surface area contributed by atoms with E-state index in [-0.39, 0.29) is 4.88 Å². The molecule has 0 radical (unpaired) electrons. The van der Waals surface area contributed by atoms with E-state index in [9.17, 15) is 18.4 Å². The molecule has 94 valence electrons. The fourth-order valence-electron chi connectivity index (χ4n) is 1.08. The number of hydrogen-bond acceptors (Lipinski definition) is 3. The molecule has 1 atom stereocenters. The molecule has 0 aliphatic rings. The molecule has 0 aliphatic carbocycles. The molecule has 17 heavy (non-hydrogen) atoms. The number of rotatable bonds is 5. The van der Waals surface area contributed by atoms with Crippen LogP contribution in [-0.2, 0) is 4.79 Å². The van der Waals surface area contributed by atoms with Gasteiger partial charge in [0.2, 0.25) is 6.43 Å². The summed E-state index contributed by atoms with van der Waals surface area (Å²) in [6.45, 7) is 0. The summed E-state index contributed by atoms with van der Waals surface area (Å²) in [5.74, 6) is -2.16. The minimum Gasteiger partial charge on any atom is -0.480 e. The molecule has 4 nitrogen and oxygen atoms in total. The van der Waals surface area contributed by atoms with Gasteiger partial charge in [-0.2, -0.15) is 0 Å². The van der Waals surface area contributed by atoms with Gasteiger partial charge < -0.3 is 10.4 Å². The Labute approximate surface area is 108 Å². The van der Waals surface area contributed by atoms with Crippen molar-refractivity contribution in [1.82, 2.24) is 5.32 Å². The standard InChI is InChI=1S/C9H8BrF2NO3S/c10-4-1-2-17-7(4)8(14)13-5(9(15)16)3-6(11)12/h1-2,5-6H,3H2,(H,13,14)(H,15,16). The summed E-state index contributed by atoms with van der Waals surface area (Å²) in [7, 11) is 0. The third-order valence-corrected chi connectivity index (χ3v) is 3.68. The SMILES string of the molecule is O=C(NC(CC(F)F)C(=O)O)c1sccc1Br. The van der Waals surface area contributed by atoms with E-state index in [2.05, 4.69) is 21.2 Å². The lowest BCUT2D eigenvalue weighted by Gasteiger charge is -2.13.